The molecule has 0 radical (unpaired) electrons. The van der Waals surface area contributed by atoms with Gasteiger partial charge in [0.05, 0.1) is 29.4 Å². The molecule has 0 aromatic heterocycles. The number of hydrogen-bond donors (Lipinski definition) is 5. The molecule has 166 valence electrons. The van der Waals surface area contributed by atoms with E-state index in [0.29, 0.717) is 11.4 Å². The predicted molar refractivity (Wildman–Crippen MR) is 114 cm³/mol. The van der Waals surface area contributed by atoms with Crippen molar-refractivity contribution in [3.63, 3.8) is 0 Å². The van der Waals surface area contributed by atoms with Crippen molar-refractivity contribution in [1.29, 1.82) is 0 Å². The number of thiocarbonyl (C=S) groups is 1. The molecule has 2 atom stereocenters. The summed E-state index contributed by atoms with van der Waals surface area (Å²) in [6.07, 6.45) is -4.93. The maximum atomic E-state index is 13.1. The quantitative estimate of drug-likeness (QED) is 0.322. The average molecular weight is 454 g/mol. The normalized spacial score (nSPS) is 13.0. The number of aliphatic carboxylic acids is 1. The molecule has 31 heavy (non-hydrogen) atoms. The highest BCUT2D eigenvalue weighted by Crippen LogP contribution is 2.31. The fourth-order valence-corrected chi connectivity index (χ4v) is 2.91. The minimum Gasteiger partial charge on any atom is -0.480 e. The van der Waals surface area contributed by atoms with Gasteiger partial charge in [-0.05, 0) is 49.0 Å². The monoisotopic (exact) mass is 454 g/mol. The van der Waals surface area contributed by atoms with Gasteiger partial charge in [0.1, 0.15) is 6.04 Å². The van der Waals surface area contributed by atoms with Crippen LogP contribution in [0.25, 0.3) is 0 Å². The number of carboxylic acid groups (broad SMARTS) is 1. The number of benzene rings is 2. The summed E-state index contributed by atoms with van der Waals surface area (Å²) in [5.41, 5.74) is 5.99. The lowest BCUT2D eigenvalue weighted by Gasteiger charge is -2.23. The summed E-state index contributed by atoms with van der Waals surface area (Å²) < 4.78 is 39.4. The SMILES string of the molecule is C[C@H](NC(=O)CC(NC(=S)Nc1ccccc1N)c1cccc(C(F)(F)F)c1)C(=O)O. The number of hydrogen-bond acceptors (Lipinski definition) is 4. The highest BCUT2D eigenvalue weighted by Gasteiger charge is 2.31. The maximum absolute atomic E-state index is 13.1. The molecule has 1 unspecified atom stereocenters. The lowest BCUT2D eigenvalue weighted by molar-refractivity contribution is -0.141. The van der Waals surface area contributed by atoms with Crippen LogP contribution in [0.15, 0.2) is 48.5 Å². The van der Waals surface area contributed by atoms with Crippen LogP contribution in [-0.2, 0) is 15.8 Å². The van der Waals surface area contributed by atoms with Crippen LogP contribution in [0, 0.1) is 0 Å². The van der Waals surface area contributed by atoms with Crippen LogP contribution in [-0.4, -0.2) is 28.1 Å². The van der Waals surface area contributed by atoms with Crippen LogP contribution in [0.5, 0.6) is 0 Å². The minimum absolute atomic E-state index is 0.0272. The Bertz CT molecular complexity index is 969. The molecule has 2 aromatic carbocycles. The standard InChI is InChI=1S/C20H21F3N4O3S/c1-11(18(29)30)25-17(28)10-16(12-5-4-6-13(9-12)20(21,22)23)27-19(31)26-15-8-3-2-7-14(15)24/h2-9,11,16H,10,24H2,1H3,(H,25,28)(H,29,30)(H2,26,27,31)/t11-,16?/m0/s1. The molecule has 0 saturated heterocycles. The zero-order chi connectivity index (χ0) is 23.2. The van der Waals surface area contributed by atoms with Crippen molar-refractivity contribution in [1.82, 2.24) is 10.6 Å². The van der Waals surface area contributed by atoms with E-state index in [-0.39, 0.29) is 17.1 Å². The van der Waals surface area contributed by atoms with E-state index in [9.17, 15) is 22.8 Å². The van der Waals surface area contributed by atoms with Gasteiger partial charge >= 0.3 is 12.1 Å². The number of carbonyl (C=O) groups excluding carboxylic acids is 1. The van der Waals surface area contributed by atoms with Gasteiger partial charge in [-0.2, -0.15) is 13.2 Å². The molecule has 11 heteroatoms. The number of alkyl halides is 3. The molecule has 0 bridgehead atoms. The van der Waals surface area contributed by atoms with Crippen LogP contribution in [0.1, 0.15) is 30.5 Å². The summed E-state index contributed by atoms with van der Waals surface area (Å²) >= 11 is 5.23. The van der Waals surface area contributed by atoms with Gasteiger partial charge in [-0.1, -0.05) is 24.3 Å². The Morgan fingerprint density at radius 3 is 2.42 bits per heavy atom. The number of halogens is 3. The third kappa shape index (κ3) is 7.14. The fourth-order valence-electron chi connectivity index (χ4n) is 2.66. The van der Waals surface area contributed by atoms with E-state index in [1.807, 2.05) is 0 Å². The van der Waals surface area contributed by atoms with Crippen molar-refractivity contribution in [3.05, 3.63) is 59.7 Å². The summed E-state index contributed by atoms with van der Waals surface area (Å²) in [5, 5.41) is 16.9. The number of amides is 1. The van der Waals surface area contributed by atoms with E-state index in [2.05, 4.69) is 16.0 Å². The predicted octanol–water partition coefficient (Wildman–Crippen LogP) is 3.29. The van der Waals surface area contributed by atoms with Crippen LogP contribution in [0.3, 0.4) is 0 Å². The second-order valence-electron chi connectivity index (χ2n) is 6.69. The summed E-state index contributed by atoms with van der Waals surface area (Å²) in [5.74, 6) is -1.92. The summed E-state index contributed by atoms with van der Waals surface area (Å²) in [6.45, 7) is 1.28. The molecule has 0 aliphatic rings. The third-order valence-corrected chi connectivity index (χ3v) is 4.49. The van der Waals surface area contributed by atoms with Gasteiger partial charge in [-0.15, -0.1) is 0 Å². The molecule has 0 saturated carbocycles. The Balaban J connectivity index is 2.25. The lowest BCUT2D eigenvalue weighted by atomic mass is 10.0. The molecule has 2 rings (SSSR count). The molecule has 0 aliphatic carbocycles. The Labute approximate surface area is 181 Å². The molecule has 6 N–H and O–H groups in total. The topological polar surface area (TPSA) is 116 Å². The van der Waals surface area contributed by atoms with Crippen molar-refractivity contribution in [3.8, 4) is 0 Å². The Morgan fingerprint density at radius 1 is 1.13 bits per heavy atom. The zero-order valence-corrected chi connectivity index (χ0v) is 17.2. The molecule has 0 aliphatic heterocycles. The van der Waals surface area contributed by atoms with Crippen molar-refractivity contribution in [2.24, 2.45) is 0 Å². The van der Waals surface area contributed by atoms with E-state index in [0.717, 1.165) is 12.1 Å². The third-order valence-electron chi connectivity index (χ3n) is 4.27. The first-order chi connectivity index (χ1) is 14.5. The van der Waals surface area contributed by atoms with Crippen LogP contribution >= 0.6 is 12.2 Å². The number of nitrogens with one attached hydrogen (secondary N) is 3. The number of carboxylic acids is 1. The second-order valence-corrected chi connectivity index (χ2v) is 7.10. The van der Waals surface area contributed by atoms with Gasteiger partial charge in [-0.3, -0.25) is 9.59 Å². The van der Waals surface area contributed by atoms with Crippen molar-refractivity contribution >= 4 is 40.6 Å². The molecular formula is C20H21F3N4O3S. The van der Waals surface area contributed by atoms with Crippen molar-refractivity contribution in [2.45, 2.75) is 31.6 Å². The first-order valence-corrected chi connectivity index (χ1v) is 9.49. The minimum atomic E-state index is -4.57. The smallest absolute Gasteiger partial charge is 0.416 e. The molecule has 2 aromatic rings. The molecule has 7 nitrogen and oxygen atoms in total. The first kappa shape index (κ1) is 23.9. The van der Waals surface area contributed by atoms with Gasteiger partial charge in [-0.25, -0.2) is 0 Å². The second kappa shape index (κ2) is 10.1. The van der Waals surface area contributed by atoms with Gasteiger partial charge in [0, 0.05) is 0 Å². The van der Waals surface area contributed by atoms with Gasteiger partial charge < -0.3 is 26.8 Å². The van der Waals surface area contributed by atoms with Crippen molar-refractivity contribution in [2.75, 3.05) is 11.1 Å². The average Bonchev–Trinajstić information content (AvgIpc) is 2.68. The fraction of sp³-hybridized carbons (Fsp3) is 0.250. The largest absolute Gasteiger partial charge is 0.480 e. The Kier molecular flexibility index (Phi) is 7.81. The van der Waals surface area contributed by atoms with E-state index < -0.39 is 35.7 Å². The van der Waals surface area contributed by atoms with E-state index in [4.69, 9.17) is 23.1 Å². The van der Waals surface area contributed by atoms with Crippen LogP contribution in [0.4, 0.5) is 24.5 Å². The van der Waals surface area contributed by atoms with E-state index in [1.54, 1.807) is 24.3 Å². The van der Waals surface area contributed by atoms with Crippen LogP contribution in [0.2, 0.25) is 0 Å². The number of anilines is 2. The van der Waals surface area contributed by atoms with Gasteiger partial charge in [0.25, 0.3) is 0 Å². The molecule has 1 amide bonds. The van der Waals surface area contributed by atoms with Crippen molar-refractivity contribution < 1.29 is 27.9 Å². The number of nitrogen functional groups attached to an aromatic ring is 1. The van der Waals surface area contributed by atoms with E-state index in [1.165, 1.54) is 19.1 Å². The molecular weight excluding hydrogens is 433 g/mol. The first-order valence-electron chi connectivity index (χ1n) is 9.08. The number of para-hydroxylation sites is 2. The highest BCUT2D eigenvalue weighted by molar-refractivity contribution is 7.80. The zero-order valence-electron chi connectivity index (χ0n) is 16.4. The summed E-state index contributed by atoms with van der Waals surface area (Å²) in [4.78, 5) is 23.3. The molecule has 0 fully saturated rings. The Morgan fingerprint density at radius 2 is 1.81 bits per heavy atom. The molecule has 0 spiro atoms. The maximum Gasteiger partial charge on any atom is 0.416 e. The van der Waals surface area contributed by atoms with Gasteiger partial charge in [0.2, 0.25) is 5.91 Å². The number of rotatable bonds is 7. The van der Waals surface area contributed by atoms with Gasteiger partial charge in [0.15, 0.2) is 5.11 Å². The number of nitrogens with two attached hydrogens (primary N) is 1. The highest BCUT2D eigenvalue weighted by atomic mass is 32.1. The summed E-state index contributed by atoms with van der Waals surface area (Å²) in [7, 11) is 0. The van der Waals surface area contributed by atoms with Crippen LogP contribution < -0.4 is 21.7 Å². The summed E-state index contributed by atoms with van der Waals surface area (Å²) in [6, 6.07) is 9.05. The molecule has 0 heterocycles. The van der Waals surface area contributed by atoms with E-state index >= 15 is 0 Å². The lowest BCUT2D eigenvalue weighted by Crippen LogP contribution is -2.41. The number of carbonyl (C=O) groups is 2. The Hall–Kier alpha value is -3.34.